The SMILES string of the molecule is C[C]1C(C)=C(C)C(C)=C1C.[C-]#[O+].[C-]#[O+].[Co]. The number of hydrogen-bond donors (Lipinski definition) is 0. The van der Waals surface area contributed by atoms with E-state index < -0.39 is 0 Å². The zero-order valence-corrected chi connectivity index (χ0v) is 10.7. The largest absolute Gasteiger partial charge is 0 e. The Morgan fingerprint density at radius 2 is 0.800 bits per heavy atom. The van der Waals surface area contributed by atoms with Crippen LogP contribution in [0.5, 0.6) is 0 Å². The zero-order chi connectivity index (χ0) is 11.9. The molecule has 3 heteroatoms. The normalized spacial score (nSPS) is 14.5. The minimum Gasteiger partial charge on any atom is 0 e. The summed E-state index contributed by atoms with van der Waals surface area (Å²) >= 11 is 0. The summed E-state index contributed by atoms with van der Waals surface area (Å²) in [6, 6.07) is 0. The molecule has 1 aliphatic carbocycles. The van der Waals surface area contributed by atoms with Crippen LogP contribution in [0.1, 0.15) is 34.6 Å². The van der Waals surface area contributed by atoms with Crippen LogP contribution in [0.3, 0.4) is 0 Å². The van der Waals surface area contributed by atoms with Gasteiger partial charge in [0.1, 0.15) is 0 Å². The monoisotopic (exact) mass is 250 g/mol. The van der Waals surface area contributed by atoms with Crippen molar-refractivity contribution in [3.63, 3.8) is 0 Å². The molecule has 0 aromatic rings. The average Bonchev–Trinajstić information content (AvgIpc) is 2.42. The number of rotatable bonds is 0. The fourth-order valence-corrected chi connectivity index (χ4v) is 1.41. The van der Waals surface area contributed by atoms with Crippen LogP contribution in [0.15, 0.2) is 22.3 Å². The molecule has 0 aromatic heterocycles. The molecule has 2 radical (unpaired) electrons. The van der Waals surface area contributed by atoms with Crippen LogP contribution in [0.2, 0.25) is 0 Å². The van der Waals surface area contributed by atoms with Gasteiger partial charge in [0.2, 0.25) is 0 Å². The van der Waals surface area contributed by atoms with Gasteiger partial charge in [-0.05, 0) is 38.8 Å². The predicted octanol–water partition coefficient (Wildman–Crippen LogP) is 3.19. The molecule has 0 bridgehead atoms. The molecule has 0 spiro atoms. The minimum absolute atomic E-state index is 0. The van der Waals surface area contributed by atoms with Gasteiger partial charge in [-0.2, -0.15) is 0 Å². The maximum atomic E-state index is 7.50. The maximum Gasteiger partial charge on any atom is 0 e. The number of hydrogen-bond acceptors (Lipinski definition) is 0. The van der Waals surface area contributed by atoms with Crippen LogP contribution in [0.25, 0.3) is 0 Å². The van der Waals surface area contributed by atoms with Crippen molar-refractivity contribution in [3.05, 3.63) is 41.5 Å². The Morgan fingerprint density at radius 3 is 0.867 bits per heavy atom. The maximum absolute atomic E-state index is 7.50. The Hall–Kier alpha value is -0.534. The first-order valence-electron chi connectivity index (χ1n) is 4.16. The van der Waals surface area contributed by atoms with E-state index in [-0.39, 0.29) is 16.8 Å². The van der Waals surface area contributed by atoms with Crippen molar-refractivity contribution in [2.45, 2.75) is 34.6 Å². The second kappa shape index (κ2) is 10.0. The van der Waals surface area contributed by atoms with Crippen molar-refractivity contribution >= 4 is 0 Å². The van der Waals surface area contributed by atoms with Crippen LogP contribution in [-0.4, -0.2) is 0 Å². The van der Waals surface area contributed by atoms with Crippen LogP contribution in [0, 0.1) is 19.2 Å². The first-order chi connectivity index (χ1) is 6.55. The van der Waals surface area contributed by atoms with E-state index in [2.05, 4.69) is 47.9 Å². The Kier molecular flexibility index (Phi) is 13.3. The van der Waals surface area contributed by atoms with E-state index in [1.807, 2.05) is 0 Å². The fourth-order valence-electron chi connectivity index (χ4n) is 1.41. The van der Waals surface area contributed by atoms with E-state index in [1.165, 1.54) is 28.2 Å². The summed E-state index contributed by atoms with van der Waals surface area (Å²) in [4.78, 5) is 0. The third kappa shape index (κ3) is 4.67. The second-order valence-corrected chi connectivity index (χ2v) is 3.12. The van der Waals surface area contributed by atoms with E-state index in [0.29, 0.717) is 0 Å². The van der Waals surface area contributed by atoms with Gasteiger partial charge in [-0.1, -0.05) is 18.1 Å². The molecule has 0 unspecified atom stereocenters. The van der Waals surface area contributed by atoms with Gasteiger partial charge in [0.05, 0.1) is 0 Å². The molecule has 15 heavy (non-hydrogen) atoms. The molecular weight excluding hydrogens is 235 g/mol. The third-order valence-corrected chi connectivity index (χ3v) is 2.81. The molecule has 0 fully saturated rings. The van der Waals surface area contributed by atoms with E-state index in [1.54, 1.807) is 0 Å². The molecule has 0 aliphatic heterocycles. The molecule has 0 amide bonds. The molecule has 2 nitrogen and oxygen atoms in total. The standard InChI is InChI=1S/C10H15.2CO.Co/c1-6-7(2)9(4)10(5)8(6)3;2*1-2;/h1-5H3;;;. The Bertz CT molecular complexity index is 265. The quantitative estimate of drug-likeness (QED) is 0.468. The molecular formula is C12H15CoO2. The van der Waals surface area contributed by atoms with E-state index in [9.17, 15) is 0 Å². The average molecular weight is 250 g/mol. The van der Waals surface area contributed by atoms with Gasteiger partial charge in [0.25, 0.3) is 0 Å². The van der Waals surface area contributed by atoms with E-state index >= 15 is 0 Å². The van der Waals surface area contributed by atoms with Crippen molar-refractivity contribution < 1.29 is 26.1 Å². The second-order valence-electron chi connectivity index (χ2n) is 3.12. The van der Waals surface area contributed by atoms with Gasteiger partial charge in [0, 0.05) is 22.7 Å². The summed E-state index contributed by atoms with van der Waals surface area (Å²) in [5.41, 5.74) is 5.87. The van der Waals surface area contributed by atoms with E-state index in [4.69, 9.17) is 9.30 Å². The van der Waals surface area contributed by atoms with Crippen LogP contribution < -0.4 is 0 Å². The molecule has 0 N–H and O–H groups in total. The van der Waals surface area contributed by atoms with Crippen molar-refractivity contribution in [2.24, 2.45) is 0 Å². The molecule has 1 rings (SSSR count). The summed E-state index contributed by atoms with van der Waals surface area (Å²) in [6.07, 6.45) is 0. The number of allylic oxidation sites excluding steroid dienone is 4. The molecule has 0 heterocycles. The van der Waals surface area contributed by atoms with Crippen molar-refractivity contribution in [1.82, 2.24) is 0 Å². The van der Waals surface area contributed by atoms with E-state index in [0.717, 1.165) is 0 Å². The van der Waals surface area contributed by atoms with Gasteiger partial charge in [-0.25, -0.2) is 0 Å². The Labute approximate surface area is 102 Å². The van der Waals surface area contributed by atoms with Gasteiger partial charge >= 0.3 is 22.6 Å². The van der Waals surface area contributed by atoms with Crippen LogP contribution in [-0.2, 0) is 26.1 Å². The fraction of sp³-hybridized carbons (Fsp3) is 0.417. The summed E-state index contributed by atoms with van der Waals surface area (Å²) in [7, 11) is 0. The minimum atomic E-state index is 0. The van der Waals surface area contributed by atoms with Gasteiger partial charge < -0.3 is 0 Å². The summed E-state index contributed by atoms with van der Waals surface area (Å²) in [6.45, 7) is 20.0. The molecule has 0 atom stereocenters. The first kappa shape index (κ1) is 20.0. The zero-order valence-electron chi connectivity index (χ0n) is 9.65. The van der Waals surface area contributed by atoms with Crippen LogP contribution >= 0.6 is 0 Å². The summed E-state index contributed by atoms with van der Waals surface area (Å²) in [5.74, 6) is 1.47. The van der Waals surface area contributed by atoms with Gasteiger partial charge in [0.15, 0.2) is 0 Å². The summed E-state index contributed by atoms with van der Waals surface area (Å²) < 4.78 is 15.0. The molecule has 0 saturated heterocycles. The Balaban J connectivity index is -0.000000258. The van der Waals surface area contributed by atoms with Crippen molar-refractivity contribution in [1.29, 1.82) is 0 Å². The van der Waals surface area contributed by atoms with Crippen molar-refractivity contribution in [3.8, 4) is 0 Å². The van der Waals surface area contributed by atoms with Crippen molar-refractivity contribution in [2.75, 3.05) is 0 Å². The molecule has 0 aromatic carbocycles. The van der Waals surface area contributed by atoms with Gasteiger partial charge in [-0.15, -0.1) is 0 Å². The molecule has 0 saturated carbocycles. The summed E-state index contributed by atoms with van der Waals surface area (Å²) in [5, 5.41) is 0. The first-order valence-corrected chi connectivity index (χ1v) is 4.16. The van der Waals surface area contributed by atoms with Gasteiger partial charge in [-0.3, -0.25) is 0 Å². The molecule has 1 aliphatic rings. The predicted molar refractivity (Wildman–Crippen MR) is 53.5 cm³/mol. The third-order valence-electron chi connectivity index (χ3n) is 2.81. The Morgan fingerprint density at radius 1 is 0.600 bits per heavy atom. The molecule has 84 valence electrons. The topological polar surface area (TPSA) is 39.8 Å². The smallest absolute Gasteiger partial charge is 0 e. The van der Waals surface area contributed by atoms with Crippen LogP contribution in [0.4, 0.5) is 0 Å².